The van der Waals surface area contributed by atoms with Crippen molar-refractivity contribution in [1.82, 2.24) is 9.55 Å². The molecule has 1 aromatic heterocycles. The van der Waals surface area contributed by atoms with Crippen LogP contribution in [0, 0.1) is 10.1 Å². The summed E-state index contributed by atoms with van der Waals surface area (Å²) >= 11 is 0. The first-order valence-corrected chi connectivity index (χ1v) is 6.00. The summed E-state index contributed by atoms with van der Waals surface area (Å²) in [6.07, 6.45) is -3.84. The van der Waals surface area contributed by atoms with Gasteiger partial charge in [-0.2, -0.15) is 0 Å². The van der Waals surface area contributed by atoms with E-state index in [4.69, 9.17) is 4.74 Å². The molecule has 3 N–H and O–H groups in total. The number of H-pyrrole nitrogens is 1. The third-order valence-corrected chi connectivity index (χ3v) is 3.06. The van der Waals surface area contributed by atoms with Crippen LogP contribution in [-0.4, -0.2) is 49.8 Å². The van der Waals surface area contributed by atoms with Gasteiger partial charge in [0.05, 0.1) is 12.7 Å². The van der Waals surface area contributed by atoms with Crippen LogP contribution in [0.1, 0.15) is 12.6 Å². The highest BCUT2D eigenvalue weighted by Crippen LogP contribution is 2.29. The van der Waals surface area contributed by atoms with Crippen molar-refractivity contribution in [3.63, 3.8) is 0 Å². The van der Waals surface area contributed by atoms with Gasteiger partial charge < -0.3 is 19.8 Å². The number of hydrogen-bond acceptors (Lipinski definition) is 8. The molecule has 0 saturated carbocycles. The lowest BCUT2D eigenvalue weighted by Gasteiger charge is -2.16. The summed E-state index contributed by atoms with van der Waals surface area (Å²) in [5, 5.41) is 28.7. The summed E-state index contributed by atoms with van der Waals surface area (Å²) in [6, 6.07) is 1.06. The van der Waals surface area contributed by atoms with Crippen LogP contribution >= 0.6 is 0 Å². The van der Waals surface area contributed by atoms with Gasteiger partial charge in [0.25, 0.3) is 10.6 Å². The van der Waals surface area contributed by atoms with Crippen molar-refractivity contribution in [1.29, 1.82) is 0 Å². The Bertz CT molecular complexity index is 625. The van der Waals surface area contributed by atoms with E-state index in [-0.39, 0.29) is 13.0 Å². The minimum atomic E-state index is -1.42. The molecule has 11 nitrogen and oxygen atoms in total. The SMILES string of the molecule is O=c1ccn([C@@H]2O[C@H](CCO[N+](=O)[O-])[C@@H](O)[C@H]2O)c(=O)[nH]1. The Morgan fingerprint density at radius 2 is 2.14 bits per heavy atom. The molecular formula is C10H13N3O8. The number of rotatable bonds is 5. The Labute approximate surface area is 116 Å². The van der Waals surface area contributed by atoms with Crippen molar-refractivity contribution >= 4 is 0 Å². The van der Waals surface area contributed by atoms with E-state index in [1.807, 2.05) is 4.98 Å². The Kier molecular flexibility index (Phi) is 4.35. The maximum absolute atomic E-state index is 11.6. The average Bonchev–Trinajstić information content (AvgIpc) is 2.67. The second kappa shape index (κ2) is 6.03. The number of nitrogens with one attached hydrogen (secondary N) is 1. The topological polar surface area (TPSA) is 157 Å². The van der Waals surface area contributed by atoms with Gasteiger partial charge in [-0.25, -0.2) is 4.79 Å². The largest absolute Gasteiger partial charge is 0.388 e. The summed E-state index contributed by atoms with van der Waals surface area (Å²) in [5.74, 6) is 0. The van der Waals surface area contributed by atoms with Crippen LogP contribution in [0.25, 0.3) is 0 Å². The smallest absolute Gasteiger partial charge is 0.330 e. The van der Waals surface area contributed by atoms with E-state index in [0.717, 1.165) is 16.8 Å². The normalized spacial score (nSPS) is 28.5. The number of aromatic amines is 1. The molecule has 1 aliphatic rings. The quantitative estimate of drug-likeness (QED) is 0.407. The average molecular weight is 303 g/mol. The van der Waals surface area contributed by atoms with Crippen molar-refractivity contribution in [3.05, 3.63) is 43.2 Å². The van der Waals surface area contributed by atoms with Crippen LogP contribution in [-0.2, 0) is 9.57 Å². The lowest BCUT2D eigenvalue weighted by molar-refractivity contribution is -0.758. The molecule has 116 valence electrons. The fourth-order valence-corrected chi connectivity index (χ4v) is 2.07. The molecule has 0 bridgehead atoms. The molecule has 4 atom stereocenters. The van der Waals surface area contributed by atoms with Crippen LogP contribution in [0.15, 0.2) is 21.9 Å². The highest BCUT2D eigenvalue weighted by atomic mass is 16.9. The third kappa shape index (κ3) is 3.26. The van der Waals surface area contributed by atoms with E-state index in [2.05, 4.69) is 4.84 Å². The molecule has 0 amide bonds. The van der Waals surface area contributed by atoms with E-state index in [0.29, 0.717) is 0 Å². The first-order valence-electron chi connectivity index (χ1n) is 6.00. The van der Waals surface area contributed by atoms with Crippen LogP contribution in [0.2, 0.25) is 0 Å². The zero-order valence-corrected chi connectivity index (χ0v) is 10.6. The maximum Gasteiger partial charge on any atom is 0.330 e. The fraction of sp³-hybridized carbons (Fsp3) is 0.600. The predicted octanol–water partition coefficient (Wildman–Crippen LogP) is -2.25. The Hall–Kier alpha value is -2.24. The van der Waals surface area contributed by atoms with E-state index < -0.39 is 40.9 Å². The second-order valence-corrected chi connectivity index (χ2v) is 4.41. The summed E-state index contributed by atoms with van der Waals surface area (Å²) < 4.78 is 6.23. The number of aliphatic hydroxyl groups excluding tert-OH is 2. The van der Waals surface area contributed by atoms with Gasteiger partial charge in [-0.05, 0) is 6.42 Å². The minimum absolute atomic E-state index is 0.0478. The molecule has 0 aromatic carbocycles. The summed E-state index contributed by atoms with van der Waals surface area (Å²) in [6.45, 7) is -0.325. The highest BCUT2D eigenvalue weighted by Gasteiger charge is 2.43. The maximum atomic E-state index is 11.6. The third-order valence-electron chi connectivity index (χ3n) is 3.06. The number of aliphatic hydroxyl groups is 2. The van der Waals surface area contributed by atoms with Gasteiger partial charge in [-0.3, -0.25) is 14.3 Å². The molecule has 0 unspecified atom stereocenters. The molecule has 1 aromatic rings. The lowest BCUT2D eigenvalue weighted by atomic mass is 10.1. The first kappa shape index (κ1) is 15.2. The predicted molar refractivity (Wildman–Crippen MR) is 64.8 cm³/mol. The first-order chi connectivity index (χ1) is 9.90. The van der Waals surface area contributed by atoms with E-state index in [9.17, 15) is 29.9 Å². The van der Waals surface area contributed by atoms with E-state index >= 15 is 0 Å². The minimum Gasteiger partial charge on any atom is -0.388 e. The van der Waals surface area contributed by atoms with Gasteiger partial charge in [0.2, 0.25) is 0 Å². The van der Waals surface area contributed by atoms with Crippen molar-refractivity contribution < 1.29 is 24.9 Å². The van der Waals surface area contributed by atoms with Gasteiger partial charge in [0.1, 0.15) is 12.2 Å². The van der Waals surface area contributed by atoms with Gasteiger partial charge in [0.15, 0.2) is 6.23 Å². The van der Waals surface area contributed by atoms with Crippen molar-refractivity contribution in [2.45, 2.75) is 31.0 Å². The summed E-state index contributed by atoms with van der Waals surface area (Å²) in [5.41, 5.74) is -1.42. The number of ether oxygens (including phenoxy) is 1. The van der Waals surface area contributed by atoms with Crippen molar-refractivity contribution in [3.8, 4) is 0 Å². The van der Waals surface area contributed by atoms with Crippen molar-refractivity contribution in [2.75, 3.05) is 6.61 Å². The lowest BCUT2D eigenvalue weighted by Crippen LogP contribution is -2.37. The standard InChI is InChI=1S/C10H13N3O8/c14-6-1-3-12(10(17)11-6)9-8(16)7(15)5(21-9)2-4-20-13(18)19/h1,3,5,7-9,15-16H,2,4H2,(H,11,14,17)/t5-,7-,8-,9-/m1/s1. The Balaban J connectivity index is 2.10. The molecule has 11 heteroatoms. The van der Waals surface area contributed by atoms with E-state index in [1.165, 1.54) is 0 Å². The molecule has 0 spiro atoms. The molecule has 2 rings (SSSR count). The van der Waals surface area contributed by atoms with Gasteiger partial charge in [0, 0.05) is 12.3 Å². The molecule has 0 aliphatic carbocycles. The number of aromatic nitrogens is 2. The monoisotopic (exact) mass is 303 g/mol. The second-order valence-electron chi connectivity index (χ2n) is 4.41. The van der Waals surface area contributed by atoms with Crippen LogP contribution in [0.4, 0.5) is 0 Å². The molecule has 2 heterocycles. The fourth-order valence-electron chi connectivity index (χ4n) is 2.07. The molecular weight excluding hydrogens is 290 g/mol. The molecule has 1 saturated heterocycles. The molecule has 0 radical (unpaired) electrons. The highest BCUT2D eigenvalue weighted by molar-refractivity contribution is 4.93. The van der Waals surface area contributed by atoms with Gasteiger partial charge in [-0.1, -0.05) is 0 Å². The Morgan fingerprint density at radius 1 is 1.43 bits per heavy atom. The molecule has 21 heavy (non-hydrogen) atoms. The van der Waals surface area contributed by atoms with E-state index in [1.54, 1.807) is 0 Å². The molecule has 1 fully saturated rings. The van der Waals surface area contributed by atoms with Crippen LogP contribution in [0.3, 0.4) is 0 Å². The summed E-state index contributed by atoms with van der Waals surface area (Å²) in [4.78, 5) is 38.7. The zero-order chi connectivity index (χ0) is 15.6. The molecule has 1 aliphatic heterocycles. The van der Waals surface area contributed by atoms with Crippen LogP contribution in [0.5, 0.6) is 0 Å². The van der Waals surface area contributed by atoms with Gasteiger partial charge in [-0.15, -0.1) is 10.1 Å². The summed E-state index contributed by atoms with van der Waals surface area (Å²) in [7, 11) is 0. The van der Waals surface area contributed by atoms with Gasteiger partial charge >= 0.3 is 5.69 Å². The zero-order valence-electron chi connectivity index (χ0n) is 10.6. The van der Waals surface area contributed by atoms with Crippen molar-refractivity contribution in [2.24, 2.45) is 0 Å². The Morgan fingerprint density at radius 3 is 2.76 bits per heavy atom. The number of nitrogens with zero attached hydrogens (tertiary/aromatic N) is 2. The number of hydrogen-bond donors (Lipinski definition) is 3. The van der Waals surface area contributed by atoms with Crippen LogP contribution < -0.4 is 11.2 Å².